The summed E-state index contributed by atoms with van der Waals surface area (Å²) < 4.78 is 0. The molecule has 19 heavy (non-hydrogen) atoms. The van der Waals surface area contributed by atoms with Gasteiger partial charge in [0.25, 0.3) is 0 Å². The third-order valence-electron chi connectivity index (χ3n) is 5.69. The fraction of sp³-hybridized carbons (Fsp3) is 0.667. The second-order valence-corrected chi connectivity index (χ2v) is 7.44. The molecule has 1 aromatic rings. The number of piperidine rings is 1. The summed E-state index contributed by atoms with van der Waals surface area (Å²) in [6.45, 7) is 7.27. The molecule has 1 aliphatic carbocycles. The van der Waals surface area contributed by atoms with Crippen LogP contribution in [0.2, 0.25) is 0 Å². The van der Waals surface area contributed by atoms with Gasteiger partial charge in [0.05, 0.1) is 0 Å². The van der Waals surface area contributed by atoms with Gasteiger partial charge in [0.15, 0.2) is 0 Å². The summed E-state index contributed by atoms with van der Waals surface area (Å²) in [5.74, 6) is 0.721. The summed E-state index contributed by atoms with van der Waals surface area (Å²) in [5, 5.41) is 3.63. The van der Waals surface area contributed by atoms with Crippen molar-refractivity contribution in [1.29, 1.82) is 0 Å². The molecule has 2 aliphatic rings. The normalized spacial score (nSPS) is 29.3. The molecule has 1 heteroatoms. The van der Waals surface area contributed by atoms with Crippen LogP contribution in [0.1, 0.15) is 57.4 Å². The summed E-state index contributed by atoms with van der Waals surface area (Å²) in [7, 11) is 0. The summed E-state index contributed by atoms with van der Waals surface area (Å²) in [4.78, 5) is 0. The van der Waals surface area contributed by atoms with Crippen LogP contribution in [-0.4, -0.2) is 13.1 Å². The predicted octanol–water partition coefficient (Wildman–Crippen LogP) is 4.35. The summed E-state index contributed by atoms with van der Waals surface area (Å²) in [6, 6.07) is 11.2. The minimum Gasteiger partial charge on any atom is -0.316 e. The lowest BCUT2D eigenvalue weighted by Gasteiger charge is -2.51. The van der Waals surface area contributed by atoms with Gasteiger partial charge in [0.2, 0.25) is 0 Å². The maximum Gasteiger partial charge on any atom is 0.00255 e. The van der Waals surface area contributed by atoms with E-state index < -0.39 is 0 Å². The van der Waals surface area contributed by atoms with Crippen molar-refractivity contribution >= 4 is 0 Å². The summed E-state index contributed by atoms with van der Waals surface area (Å²) in [5.41, 5.74) is 2.69. The molecule has 1 saturated heterocycles. The van der Waals surface area contributed by atoms with Crippen LogP contribution in [0.4, 0.5) is 0 Å². The van der Waals surface area contributed by atoms with Crippen LogP contribution < -0.4 is 5.32 Å². The minimum absolute atomic E-state index is 0.567. The first-order valence-corrected chi connectivity index (χ1v) is 7.87. The molecule has 1 aliphatic heterocycles. The van der Waals surface area contributed by atoms with Gasteiger partial charge in [-0.25, -0.2) is 0 Å². The SMILES string of the molecule is CC1(C)CCC2(CCNCC2c2ccccc2)CC1. The fourth-order valence-electron chi connectivity index (χ4n) is 4.15. The Morgan fingerprint density at radius 2 is 1.63 bits per heavy atom. The van der Waals surface area contributed by atoms with Crippen molar-refractivity contribution in [2.45, 2.75) is 51.9 Å². The third-order valence-corrected chi connectivity index (χ3v) is 5.69. The Hall–Kier alpha value is -0.820. The maximum atomic E-state index is 3.63. The van der Waals surface area contributed by atoms with E-state index >= 15 is 0 Å². The Morgan fingerprint density at radius 1 is 0.947 bits per heavy atom. The van der Waals surface area contributed by atoms with Crippen molar-refractivity contribution in [1.82, 2.24) is 5.32 Å². The van der Waals surface area contributed by atoms with Crippen molar-refractivity contribution in [3.05, 3.63) is 35.9 Å². The molecule has 2 fully saturated rings. The Bertz CT molecular complexity index is 411. The topological polar surface area (TPSA) is 12.0 Å². The van der Waals surface area contributed by atoms with Gasteiger partial charge in [0, 0.05) is 12.5 Å². The van der Waals surface area contributed by atoms with E-state index in [0.29, 0.717) is 10.8 Å². The number of hydrogen-bond donors (Lipinski definition) is 1. The second kappa shape index (κ2) is 4.94. The number of benzene rings is 1. The van der Waals surface area contributed by atoms with Crippen LogP contribution >= 0.6 is 0 Å². The molecule has 1 aromatic carbocycles. The smallest absolute Gasteiger partial charge is 0.00255 e. The highest BCUT2D eigenvalue weighted by atomic mass is 14.9. The van der Waals surface area contributed by atoms with Crippen molar-refractivity contribution in [2.75, 3.05) is 13.1 Å². The first-order chi connectivity index (χ1) is 9.11. The zero-order valence-electron chi connectivity index (χ0n) is 12.4. The number of hydrogen-bond acceptors (Lipinski definition) is 1. The molecule has 0 bridgehead atoms. The number of rotatable bonds is 1. The molecule has 1 saturated carbocycles. The first kappa shape index (κ1) is 13.2. The van der Waals surface area contributed by atoms with Crippen molar-refractivity contribution in [2.24, 2.45) is 10.8 Å². The quantitative estimate of drug-likeness (QED) is 0.788. The van der Waals surface area contributed by atoms with Gasteiger partial charge in [-0.2, -0.15) is 0 Å². The predicted molar refractivity (Wildman–Crippen MR) is 81.4 cm³/mol. The van der Waals surface area contributed by atoms with Crippen LogP contribution in [-0.2, 0) is 0 Å². The van der Waals surface area contributed by atoms with Crippen LogP contribution in [0.25, 0.3) is 0 Å². The van der Waals surface area contributed by atoms with Crippen molar-refractivity contribution in [3.63, 3.8) is 0 Å². The molecule has 1 nitrogen and oxygen atoms in total. The molecule has 3 rings (SSSR count). The molecule has 1 heterocycles. The zero-order chi connectivity index (χ0) is 13.3. The molecular weight excluding hydrogens is 230 g/mol. The van der Waals surface area contributed by atoms with E-state index in [9.17, 15) is 0 Å². The van der Waals surface area contributed by atoms with Crippen LogP contribution in [0.3, 0.4) is 0 Å². The van der Waals surface area contributed by atoms with E-state index in [1.165, 1.54) is 45.2 Å². The number of nitrogens with one attached hydrogen (secondary N) is 1. The van der Waals surface area contributed by atoms with Crippen molar-refractivity contribution < 1.29 is 0 Å². The lowest BCUT2D eigenvalue weighted by molar-refractivity contribution is 0.0499. The van der Waals surface area contributed by atoms with Gasteiger partial charge in [-0.1, -0.05) is 44.2 Å². The molecule has 0 radical (unpaired) electrons. The second-order valence-electron chi connectivity index (χ2n) is 7.44. The van der Waals surface area contributed by atoms with Crippen LogP contribution in [0.5, 0.6) is 0 Å². The molecule has 104 valence electrons. The van der Waals surface area contributed by atoms with E-state index in [4.69, 9.17) is 0 Å². The maximum absolute atomic E-state index is 3.63. The van der Waals surface area contributed by atoms with Crippen molar-refractivity contribution in [3.8, 4) is 0 Å². The van der Waals surface area contributed by atoms with Gasteiger partial charge in [-0.05, 0) is 55.0 Å². The van der Waals surface area contributed by atoms with Gasteiger partial charge in [0.1, 0.15) is 0 Å². The molecule has 0 aromatic heterocycles. The van der Waals surface area contributed by atoms with Gasteiger partial charge >= 0.3 is 0 Å². The molecule has 1 unspecified atom stereocenters. The average Bonchev–Trinajstić information content (AvgIpc) is 2.44. The zero-order valence-corrected chi connectivity index (χ0v) is 12.4. The highest BCUT2D eigenvalue weighted by Crippen LogP contribution is 2.54. The Labute approximate surface area is 117 Å². The molecular formula is C18H27N. The largest absolute Gasteiger partial charge is 0.316 e. The van der Waals surface area contributed by atoms with E-state index in [-0.39, 0.29) is 0 Å². The molecule has 1 atom stereocenters. The Balaban J connectivity index is 1.86. The fourth-order valence-corrected chi connectivity index (χ4v) is 4.15. The van der Waals surface area contributed by atoms with Gasteiger partial charge < -0.3 is 5.32 Å². The van der Waals surface area contributed by atoms with Gasteiger partial charge in [-0.15, -0.1) is 0 Å². The van der Waals surface area contributed by atoms with Crippen LogP contribution in [0.15, 0.2) is 30.3 Å². The van der Waals surface area contributed by atoms with E-state index in [0.717, 1.165) is 5.92 Å². The Kier molecular flexibility index (Phi) is 3.42. The third kappa shape index (κ3) is 2.58. The summed E-state index contributed by atoms with van der Waals surface area (Å²) in [6.07, 6.45) is 7.00. The summed E-state index contributed by atoms with van der Waals surface area (Å²) >= 11 is 0. The lowest BCUT2D eigenvalue weighted by Crippen LogP contribution is -2.46. The highest BCUT2D eigenvalue weighted by Gasteiger charge is 2.45. The van der Waals surface area contributed by atoms with E-state index in [2.05, 4.69) is 49.5 Å². The monoisotopic (exact) mass is 257 g/mol. The Morgan fingerprint density at radius 3 is 2.32 bits per heavy atom. The average molecular weight is 257 g/mol. The van der Waals surface area contributed by atoms with E-state index in [1.807, 2.05) is 0 Å². The molecule has 0 amide bonds. The standard InChI is InChI=1S/C18H27N/c1-17(2)8-10-18(11-9-17)12-13-19-14-16(18)15-6-4-3-5-7-15/h3-7,16,19H,8-14H2,1-2H3. The molecule has 1 N–H and O–H groups in total. The lowest BCUT2D eigenvalue weighted by atomic mass is 9.56. The minimum atomic E-state index is 0.567. The van der Waals surface area contributed by atoms with Crippen LogP contribution in [0, 0.1) is 10.8 Å². The highest BCUT2D eigenvalue weighted by molar-refractivity contribution is 5.24. The van der Waals surface area contributed by atoms with Gasteiger partial charge in [-0.3, -0.25) is 0 Å². The van der Waals surface area contributed by atoms with E-state index in [1.54, 1.807) is 5.56 Å². The first-order valence-electron chi connectivity index (χ1n) is 7.87. The molecule has 1 spiro atoms.